The number of halogens is 1. The molecular weight excluding hydrogens is 288 g/mol. The number of thiophene rings is 1. The molecule has 0 saturated heterocycles. The van der Waals surface area contributed by atoms with E-state index in [1.165, 1.54) is 4.88 Å². The minimum Gasteiger partial charge on any atom is -0.393 e. The van der Waals surface area contributed by atoms with E-state index >= 15 is 0 Å². The molecule has 0 saturated carbocycles. The highest BCUT2D eigenvalue weighted by Gasteiger charge is 2.20. The molecule has 0 amide bonds. The number of hydrogen-bond donors (Lipinski definition) is 1. The lowest BCUT2D eigenvalue weighted by Gasteiger charge is -2.20. The van der Waals surface area contributed by atoms with Crippen molar-refractivity contribution in [3.8, 4) is 10.7 Å². The second-order valence-electron chi connectivity index (χ2n) is 3.98. The molecule has 2 aromatic rings. The average Bonchev–Trinajstić information content (AvgIpc) is 2.83. The molecule has 84 valence electrons. The Hall–Kier alpha value is -0.650. The minimum atomic E-state index is -0.202. The van der Waals surface area contributed by atoms with Crippen molar-refractivity contribution in [3.05, 3.63) is 27.8 Å². The highest BCUT2D eigenvalue weighted by atomic mass is 79.9. The van der Waals surface area contributed by atoms with Crippen molar-refractivity contribution >= 4 is 27.3 Å². The van der Waals surface area contributed by atoms with Crippen LogP contribution in [0.15, 0.2) is 22.1 Å². The maximum absolute atomic E-state index is 9.59. The van der Waals surface area contributed by atoms with Crippen LogP contribution in [0.3, 0.4) is 0 Å². The quantitative estimate of drug-likeness (QED) is 0.879. The largest absolute Gasteiger partial charge is 0.393 e. The molecule has 3 heterocycles. The van der Waals surface area contributed by atoms with Crippen LogP contribution in [0.1, 0.15) is 12.1 Å². The van der Waals surface area contributed by atoms with Gasteiger partial charge in [-0.2, -0.15) is 0 Å². The van der Waals surface area contributed by atoms with E-state index in [1.54, 1.807) is 11.3 Å². The maximum Gasteiger partial charge on any atom is 0.150 e. The summed E-state index contributed by atoms with van der Waals surface area (Å²) in [6.07, 6.45) is 3.22. The van der Waals surface area contributed by atoms with E-state index in [2.05, 4.69) is 31.5 Å². The highest BCUT2D eigenvalue weighted by molar-refractivity contribution is 9.11. The standard InChI is InChI=1S/C11H11BrN2OS/c12-10-2-1-9(16-10)11-13-6-7-5-8(15)3-4-14(7)11/h1-2,6,8,15H,3-5H2. The van der Waals surface area contributed by atoms with Crippen molar-refractivity contribution in [2.24, 2.45) is 0 Å². The van der Waals surface area contributed by atoms with Crippen molar-refractivity contribution in [2.45, 2.75) is 25.5 Å². The van der Waals surface area contributed by atoms with Crippen LogP contribution in [-0.2, 0) is 13.0 Å². The Balaban J connectivity index is 2.03. The number of imidazole rings is 1. The topological polar surface area (TPSA) is 38.0 Å². The third-order valence-electron chi connectivity index (χ3n) is 2.86. The molecule has 0 aliphatic carbocycles. The zero-order valence-corrected chi connectivity index (χ0v) is 11.0. The van der Waals surface area contributed by atoms with Gasteiger partial charge in [0.25, 0.3) is 0 Å². The molecule has 1 atom stereocenters. The zero-order valence-electron chi connectivity index (χ0n) is 8.56. The second kappa shape index (κ2) is 3.98. The first-order valence-electron chi connectivity index (χ1n) is 5.22. The third-order valence-corrected chi connectivity index (χ3v) is 4.48. The third kappa shape index (κ3) is 1.73. The summed E-state index contributed by atoms with van der Waals surface area (Å²) in [6, 6.07) is 4.12. The normalized spacial score (nSPS) is 19.8. The first-order chi connectivity index (χ1) is 7.74. The number of nitrogens with zero attached hydrogens (tertiary/aromatic N) is 2. The van der Waals surface area contributed by atoms with Gasteiger partial charge in [-0.1, -0.05) is 0 Å². The van der Waals surface area contributed by atoms with Gasteiger partial charge in [0.2, 0.25) is 0 Å². The van der Waals surface area contributed by atoms with E-state index in [-0.39, 0.29) is 6.10 Å². The summed E-state index contributed by atoms with van der Waals surface area (Å²) in [6.45, 7) is 0.862. The maximum atomic E-state index is 9.59. The molecule has 0 aromatic carbocycles. The van der Waals surface area contributed by atoms with Crippen LogP contribution in [0.25, 0.3) is 10.7 Å². The van der Waals surface area contributed by atoms with Gasteiger partial charge < -0.3 is 9.67 Å². The molecule has 16 heavy (non-hydrogen) atoms. The van der Waals surface area contributed by atoms with Gasteiger partial charge in [0, 0.05) is 24.9 Å². The van der Waals surface area contributed by atoms with Crippen LogP contribution in [0.4, 0.5) is 0 Å². The molecule has 0 radical (unpaired) electrons. The van der Waals surface area contributed by atoms with Gasteiger partial charge in [-0.3, -0.25) is 0 Å². The van der Waals surface area contributed by atoms with Crippen LogP contribution in [-0.4, -0.2) is 20.8 Å². The summed E-state index contributed by atoms with van der Waals surface area (Å²) in [5.74, 6) is 1.03. The monoisotopic (exact) mass is 298 g/mol. The second-order valence-corrected chi connectivity index (χ2v) is 6.44. The van der Waals surface area contributed by atoms with Gasteiger partial charge in [0.1, 0.15) is 5.82 Å². The van der Waals surface area contributed by atoms with E-state index in [9.17, 15) is 5.11 Å². The Bertz CT molecular complexity index is 520. The molecule has 1 aliphatic rings. The number of aliphatic hydroxyl groups excluding tert-OH is 1. The van der Waals surface area contributed by atoms with Gasteiger partial charge in [0.05, 0.1) is 14.8 Å². The summed E-state index contributed by atoms with van der Waals surface area (Å²) >= 11 is 5.15. The Kier molecular flexibility index (Phi) is 2.61. The van der Waals surface area contributed by atoms with Gasteiger partial charge in [-0.15, -0.1) is 11.3 Å². The summed E-state index contributed by atoms with van der Waals surface area (Å²) in [7, 11) is 0. The summed E-state index contributed by atoms with van der Waals surface area (Å²) in [4.78, 5) is 5.63. The molecule has 1 N–H and O–H groups in total. The minimum absolute atomic E-state index is 0.202. The molecule has 0 bridgehead atoms. The van der Waals surface area contributed by atoms with E-state index in [4.69, 9.17) is 0 Å². The lowest BCUT2D eigenvalue weighted by molar-refractivity contribution is 0.144. The molecule has 0 fully saturated rings. The lowest BCUT2D eigenvalue weighted by atomic mass is 10.1. The summed E-state index contributed by atoms with van der Waals surface area (Å²) < 4.78 is 3.33. The van der Waals surface area contributed by atoms with Gasteiger partial charge >= 0.3 is 0 Å². The first kappa shape index (κ1) is 10.5. The Morgan fingerprint density at radius 3 is 3.12 bits per heavy atom. The number of hydrogen-bond acceptors (Lipinski definition) is 3. The number of fused-ring (bicyclic) bond motifs is 1. The Labute approximate surface area is 106 Å². The molecule has 3 nitrogen and oxygen atoms in total. The van der Waals surface area contributed by atoms with Gasteiger partial charge in [0.15, 0.2) is 0 Å². The van der Waals surface area contributed by atoms with Crippen molar-refractivity contribution < 1.29 is 5.11 Å². The zero-order chi connectivity index (χ0) is 11.1. The van der Waals surface area contributed by atoms with Crippen LogP contribution in [0, 0.1) is 0 Å². The number of rotatable bonds is 1. The predicted molar refractivity (Wildman–Crippen MR) is 67.6 cm³/mol. The summed E-state index contributed by atoms with van der Waals surface area (Å²) in [5.41, 5.74) is 1.14. The van der Waals surface area contributed by atoms with Crippen LogP contribution in [0.2, 0.25) is 0 Å². The van der Waals surface area contributed by atoms with Crippen LogP contribution < -0.4 is 0 Å². The fourth-order valence-corrected chi connectivity index (χ4v) is 3.47. The molecule has 0 spiro atoms. The van der Waals surface area contributed by atoms with Gasteiger partial charge in [-0.25, -0.2) is 4.98 Å². The van der Waals surface area contributed by atoms with E-state index in [0.717, 1.165) is 34.7 Å². The molecule has 2 aromatic heterocycles. The fraction of sp³-hybridized carbons (Fsp3) is 0.364. The van der Waals surface area contributed by atoms with Crippen LogP contribution >= 0.6 is 27.3 Å². The van der Waals surface area contributed by atoms with Crippen molar-refractivity contribution in [1.29, 1.82) is 0 Å². The van der Waals surface area contributed by atoms with Crippen molar-refractivity contribution in [3.63, 3.8) is 0 Å². The van der Waals surface area contributed by atoms with Crippen LogP contribution in [0.5, 0.6) is 0 Å². The fourth-order valence-electron chi connectivity index (χ4n) is 2.08. The molecule has 1 unspecified atom stereocenters. The summed E-state index contributed by atoms with van der Waals surface area (Å²) in [5, 5.41) is 9.59. The van der Waals surface area contributed by atoms with Crippen molar-refractivity contribution in [2.75, 3.05) is 0 Å². The molecule has 5 heteroatoms. The van der Waals surface area contributed by atoms with E-state index < -0.39 is 0 Å². The van der Waals surface area contributed by atoms with Crippen molar-refractivity contribution in [1.82, 2.24) is 9.55 Å². The number of aromatic nitrogens is 2. The Morgan fingerprint density at radius 2 is 2.38 bits per heavy atom. The molecule has 3 rings (SSSR count). The molecular formula is C11H11BrN2OS. The lowest BCUT2D eigenvalue weighted by Crippen LogP contribution is -2.22. The SMILES string of the molecule is OC1CCn2c(cnc2-c2ccc(Br)s2)C1. The van der Waals surface area contributed by atoms with E-state index in [0.29, 0.717) is 0 Å². The average molecular weight is 299 g/mol. The first-order valence-corrected chi connectivity index (χ1v) is 6.83. The van der Waals surface area contributed by atoms with E-state index in [1.807, 2.05) is 12.3 Å². The number of aliphatic hydroxyl groups is 1. The van der Waals surface area contributed by atoms with Gasteiger partial charge in [-0.05, 0) is 34.5 Å². The Morgan fingerprint density at radius 1 is 1.50 bits per heavy atom. The highest BCUT2D eigenvalue weighted by Crippen LogP contribution is 2.32. The smallest absolute Gasteiger partial charge is 0.150 e. The molecule has 1 aliphatic heterocycles. The predicted octanol–water partition coefficient (Wildman–Crippen LogP) is 2.68.